The van der Waals surface area contributed by atoms with Gasteiger partial charge in [-0.15, -0.1) is 11.8 Å². The maximum Gasteiger partial charge on any atom is 0.228 e. The van der Waals surface area contributed by atoms with Crippen LogP contribution in [-0.4, -0.2) is 30.3 Å². The Morgan fingerprint density at radius 1 is 1.37 bits per heavy atom. The van der Waals surface area contributed by atoms with E-state index >= 15 is 0 Å². The standard InChI is InChI=1S/C15H22N2OS/c1-15(2,3)16-9-8-14(18)17-10-11-19-13-7-5-4-6-12(13)17/h4-7,16H,8-11H2,1-3H3. The molecule has 3 nitrogen and oxygen atoms in total. The highest BCUT2D eigenvalue weighted by atomic mass is 32.2. The van der Waals surface area contributed by atoms with Gasteiger partial charge in [0.2, 0.25) is 5.91 Å². The van der Waals surface area contributed by atoms with Crippen LogP contribution in [0.3, 0.4) is 0 Å². The van der Waals surface area contributed by atoms with Crippen LogP contribution >= 0.6 is 11.8 Å². The van der Waals surface area contributed by atoms with Crippen LogP contribution < -0.4 is 10.2 Å². The van der Waals surface area contributed by atoms with Gasteiger partial charge in [0.1, 0.15) is 0 Å². The predicted molar refractivity (Wildman–Crippen MR) is 81.9 cm³/mol. The van der Waals surface area contributed by atoms with Crippen LogP contribution in [0.5, 0.6) is 0 Å². The van der Waals surface area contributed by atoms with Crippen molar-refractivity contribution in [1.82, 2.24) is 5.32 Å². The summed E-state index contributed by atoms with van der Waals surface area (Å²) in [6, 6.07) is 8.16. The molecule has 1 aliphatic rings. The molecule has 1 N–H and O–H groups in total. The average molecular weight is 278 g/mol. The summed E-state index contributed by atoms with van der Waals surface area (Å²) in [5.41, 5.74) is 1.13. The average Bonchev–Trinajstić information content (AvgIpc) is 2.36. The molecule has 2 rings (SSSR count). The minimum absolute atomic E-state index is 0.0654. The van der Waals surface area contributed by atoms with E-state index in [9.17, 15) is 4.79 Å². The SMILES string of the molecule is CC(C)(C)NCCC(=O)N1CCSc2ccccc21. The molecule has 1 aromatic rings. The number of carbonyl (C=O) groups excluding carboxylic acids is 1. The maximum absolute atomic E-state index is 12.3. The van der Waals surface area contributed by atoms with Gasteiger partial charge in [0.25, 0.3) is 0 Å². The largest absolute Gasteiger partial charge is 0.312 e. The van der Waals surface area contributed by atoms with E-state index < -0.39 is 0 Å². The molecule has 1 amide bonds. The smallest absolute Gasteiger partial charge is 0.228 e. The molecule has 0 spiro atoms. The van der Waals surface area contributed by atoms with Gasteiger partial charge in [-0.3, -0.25) is 4.79 Å². The third-order valence-corrected chi connectivity index (χ3v) is 4.07. The second-order valence-corrected chi connectivity index (χ2v) is 6.93. The van der Waals surface area contributed by atoms with Crippen molar-refractivity contribution in [2.45, 2.75) is 37.6 Å². The quantitative estimate of drug-likeness (QED) is 0.922. The van der Waals surface area contributed by atoms with Crippen molar-refractivity contribution >= 4 is 23.4 Å². The number of hydrogen-bond donors (Lipinski definition) is 1. The molecule has 104 valence electrons. The first kappa shape index (κ1) is 14.4. The molecule has 0 fully saturated rings. The van der Waals surface area contributed by atoms with Crippen LogP contribution in [0.25, 0.3) is 0 Å². The summed E-state index contributed by atoms with van der Waals surface area (Å²) in [5, 5.41) is 3.36. The summed E-state index contributed by atoms with van der Waals surface area (Å²) in [7, 11) is 0. The van der Waals surface area contributed by atoms with Crippen molar-refractivity contribution in [2.75, 3.05) is 23.7 Å². The Kier molecular flexibility index (Phi) is 4.53. The van der Waals surface area contributed by atoms with Crippen molar-refractivity contribution < 1.29 is 4.79 Å². The fraction of sp³-hybridized carbons (Fsp3) is 0.533. The van der Waals surface area contributed by atoms with Crippen LogP contribution in [0.1, 0.15) is 27.2 Å². The fourth-order valence-corrected chi connectivity index (χ4v) is 3.10. The number of benzene rings is 1. The van der Waals surface area contributed by atoms with Crippen molar-refractivity contribution in [1.29, 1.82) is 0 Å². The molecule has 0 saturated carbocycles. The molecule has 0 bridgehead atoms. The Balaban J connectivity index is 1.97. The minimum atomic E-state index is 0.0654. The Morgan fingerprint density at radius 2 is 2.11 bits per heavy atom. The maximum atomic E-state index is 12.3. The summed E-state index contributed by atoms with van der Waals surface area (Å²) < 4.78 is 0. The van der Waals surface area contributed by atoms with E-state index in [0.29, 0.717) is 6.42 Å². The molecule has 0 saturated heterocycles. The van der Waals surface area contributed by atoms with Crippen molar-refractivity contribution in [2.24, 2.45) is 0 Å². The van der Waals surface area contributed by atoms with Gasteiger partial charge in [0.15, 0.2) is 0 Å². The van der Waals surface area contributed by atoms with Gasteiger partial charge in [-0.25, -0.2) is 0 Å². The first-order chi connectivity index (χ1) is 8.97. The topological polar surface area (TPSA) is 32.3 Å². The zero-order valence-corrected chi connectivity index (χ0v) is 12.7. The van der Waals surface area contributed by atoms with E-state index in [1.807, 2.05) is 34.9 Å². The third kappa shape index (κ3) is 3.98. The number of nitrogens with zero attached hydrogens (tertiary/aromatic N) is 1. The van der Waals surface area contributed by atoms with Gasteiger partial charge in [0, 0.05) is 35.7 Å². The Labute approximate surface area is 119 Å². The molecule has 19 heavy (non-hydrogen) atoms. The van der Waals surface area contributed by atoms with Gasteiger partial charge in [-0.05, 0) is 32.9 Å². The number of amides is 1. The van der Waals surface area contributed by atoms with Crippen LogP contribution in [0.2, 0.25) is 0 Å². The van der Waals surface area contributed by atoms with Crippen molar-refractivity contribution in [3.63, 3.8) is 0 Å². The summed E-state index contributed by atoms with van der Waals surface area (Å²) in [6.07, 6.45) is 0.552. The van der Waals surface area contributed by atoms with Crippen LogP contribution in [0.4, 0.5) is 5.69 Å². The molecule has 0 unspecified atom stereocenters. The van der Waals surface area contributed by atoms with E-state index in [-0.39, 0.29) is 11.4 Å². The second-order valence-electron chi connectivity index (χ2n) is 5.79. The molecule has 0 aromatic heterocycles. The minimum Gasteiger partial charge on any atom is -0.312 e. The first-order valence-corrected chi connectivity index (χ1v) is 7.73. The molecule has 0 radical (unpaired) electrons. The summed E-state index contributed by atoms with van der Waals surface area (Å²) in [5.74, 6) is 1.19. The lowest BCUT2D eigenvalue weighted by atomic mass is 10.1. The third-order valence-electron chi connectivity index (χ3n) is 3.02. The van der Waals surface area contributed by atoms with E-state index in [0.717, 1.165) is 24.5 Å². The molecule has 4 heteroatoms. The van der Waals surface area contributed by atoms with E-state index in [1.165, 1.54) is 4.90 Å². The molecule has 0 aliphatic carbocycles. The molecule has 1 aromatic carbocycles. The molecule has 0 atom stereocenters. The highest BCUT2D eigenvalue weighted by Crippen LogP contribution is 2.34. The Morgan fingerprint density at radius 3 is 2.84 bits per heavy atom. The van der Waals surface area contributed by atoms with Gasteiger partial charge < -0.3 is 10.2 Å². The molecular formula is C15H22N2OS. The van der Waals surface area contributed by atoms with Crippen molar-refractivity contribution in [3.05, 3.63) is 24.3 Å². The number of rotatable bonds is 3. The lowest BCUT2D eigenvalue weighted by Gasteiger charge is -2.29. The van der Waals surface area contributed by atoms with Crippen molar-refractivity contribution in [3.8, 4) is 0 Å². The fourth-order valence-electron chi connectivity index (χ4n) is 2.11. The van der Waals surface area contributed by atoms with Crippen LogP contribution in [-0.2, 0) is 4.79 Å². The molecular weight excluding hydrogens is 256 g/mol. The number of hydrogen-bond acceptors (Lipinski definition) is 3. The molecule has 1 aliphatic heterocycles. The van der Waals surface area contributed by atoms with E-state index in [1.54, 1.807) is 0 Å². The number of para-hydroxylation sites is 1. The lowest BCUT2D eigenvalue weighted by molar-refractivity contribution is -0.118. The predicted octanol–water partition coefficient (Wildman–Crippen LogP) is 2.90. The van der Waals surface area contributed by atoms with Gasteiger partial charge in [-0.2, -0.15) is 0 Å². The Bertz CT molecular complexity index is 454. The highest BCUT2D eigenvalue weighted by Gasteiger charge is 2.22. The highest BCUT2D eigenvalue weighted by molar-refractivity contribution is 7.99. The number of carbonyl (C=O) groups is 1. The summed E-state index contributed by atoms with van der Waals surface area (Å²) >= 11 is 1.83. The summed E-state index contributed by atoms with van der Waals surface area (Å²) in [4.78, 5) is 15.5. The van der Waals surface area contributed by atoms with Gasteiger partial charge in [-0.1, -0.05) is 12.1 Å². The van der Waals surface area contributed by atoms with Gasteiger partial charge >= 0.3 is 0 Å². The van der Waals surface area contributed by atoms with E-state index in [4.69, 9.17) is 0 Å². The summed E-state index contributed by atoms with van der Waals surface area (Å²) in [6.45, 7) is 7.89. The molecule has 1 heterocycles. The number of thioether (sulfide) groups is 1. The van der Waals surface area contributed by atoms with Crippen LogP contribution in [0, 0.1) is 0 Å². The zero-order chi connectivity index (χ0) is 13.9. The van der Waals surface area contributed by atoms with Crippen LogP contribution in [0.15, 0.2) is 29.2 Å². The normalized spacial score (nSPS) is 15.2. The van der Waals surface area contributed by atoms with Gasteiger partial charge in [0.05, 0.1) is 5.69 Å². The monoisotopic (exact) mass is 278 g/mol. The number of fused-ring (bicyclic) bond motifs is 1. The zero-order valence-electron chi connectivity index (χ0n) is 11.9. The number of nitrogens with one attached hydrogen (secondary N) is 1. The second kappa shape index (κ2) is 5.97. The lowest BCUT2D eigenvalue weighted by Crippen LogP contribution is -2.41. The first-order valence-electron chi connectivity index (χ1n) is 6.74. The Hall–Kier alpha value is -1.00. The van der Waals surface area contributed by atoms with E-state index in [2.05, 4.69) is 32.2 Å². The number of anilines is 1.